The Kier molecular flexibility index (Phi) is 3.21. The number of carbonyl (C=O) groups excluding carboxylic acids is 1. The molecule has 1 aromatic rings. The van der Waals surface area contributed by atoms with Gasteiger partial charge in [0.1, 0.15) is 5.78 Å². The SMILES string of the molecule is O=C1CCOC(c2cc(Cl)cc(F)c2F)C1. The highest BCUT2D eigenvalue weighted by Gasteiger charge is 2.26. The molecule has 1 heterocycles. The van der Waals surface area contributed by atoms with Crippen molar-refractivity contribution in [2.45, 2.75) is 18.9 Å². The number of ketones is 1. The topological polar surface area (TPSA) is 26.3 Å². The first-order valence-corrected chi connectivity index (χ1v) is 5.23. The van der Waals surface area contributed by atoms with Gasteiger partial charge >= 0.3 is 0 Å². The maximum Gasteiger partial charge on any atom is 0.164 e. The Labute approximate surface area is 96.2 Å². The van der Waals surface area contributed by atoms with Crippen molar-refractivity contribution in [3.05, 3.63) is 34.4 Å². The van der Waals surface area contributed by atoms with Gasteiger partial charge in [-0.2, -0.15) is 0 Å². The highest BCUT2D eigenvalue weighted by molar-refractivity contribution is 6.30. The Morgan fingerprint density at radius 2 is 2.12 bits per heavy atom. The lowest BCUT2D eigenvalue weighted by molar-refractivity contribution is -0.128. The van der Waals surface area contributed by atoms with Crippen LogP contribution < -0.4 is 0 Å². The average Bonchev–Trinajstić information content (AvgIpc) is 2.23. The van der Waals surface area contributed by atoms with Crippen molar-refractivity contribution in [3.63, 3.8) is 0 Å². The Morgan fingerprint density at radius 1 is 1.38 bits per heavy atom. The smallest absolute Gasteiger partial charge is 0.164 e. The zero-order valence-corrected chi connectivity index (χ0v) is 9.06. The van der Waals surface area contributed by atoms with Gasteiger partial charge in [-0.25, -0.2) is 8.78 Å². The summed E-state index contributed by atoms with van der Waals surface area (Å²) in [6, 6.07) is 2.19. The molecule has 2 nitrogen and oxygen atoms in total. The highest BCUT2D eigenvalue weighted by Crippen LogP contribution is 2.31. The minimum absolute atomic E-state index is 0.0121. The van der Waals surface area contributed by atoms with Crippen LogP contribution in [0.15, 0.2) is 12.1 Å². The molecule has 0 saturated carbocycles. The third kappa shape index (κ3) is 2.23. The molecule has 1 aliphatic heterocycles. The van der Waals surface area contributed by atoms with Crippen molar-refractivity contribution in [3.8, 4) is 0 Å². The molecule has 0 amide bonds. The van der Waals surface area contributed by atoms with Crippen molar-refractivity contribution in [2.75, 3.05) is 6.61 Å². The fourth-order valence-corrected chi connectivity index (χ4v) is 1.91. The van der Waals surface area contributed by atoms with Crippen LogP contribution in [0, 0.1) is 11.6 Å². The summed E-state index contributed by atoms with van der Waals surface area (Å²) in [5.74, 6) is -2.04. The number of halogens is 3. The van der Waals surface area contributed by atoms with Crippen molar-refractivity contribution < 1.29 is 18.3 Å². The maximum atomic E-state index is 13.5. The van der Waals surface area contributed by atoms with Crippen LogP contribution in [-0.2, 0) is 9.53 Å². The van der Waals surface area contributed by atoms with Gasteiger partial charge in [0.2, 0.25) is 0 Å². The van der Waals surface area contributed by atoms with Crippen LogP contribution in [0.3, 0.4) is 0 Å². The summed E-state index contributed by atoms with van der Waals surface area (Å²) in [5, 5.41) is 0.0931. The molecule has 5 heteroatoms. The lowest BCUT2D eigenvalue weighted by Crippen LogP contribution is -2.20. The van der Waals surface area contributed by atoms with E-state index < -0.39 is 17.7 Å². The lowest BCUT2D eigenvalue weighted by Gasteiger charge is -2.22. The first kappa shape index (κ1) is 11.5. The quantitative estimate of drug-likeness (QED) is 0.712. The second-order valence-electron chi connectivity index (χ2n) is 3.64. The summed E-state index contributed by atoms with van der Waals surface area (Å²) in [6.45, 7) is 0.233. The third-order valence-electron chi connectivity index (χ3n) is 2.48. The van der Waals surface area contributed by atoms with Gasteiger partial charge in [-0.15, -0.1) is 0 Å². The Morgan fingerprint density at radius 3 is 2.81 bits per heavy atom. The van der Waals surface area contributed by atoms with E-state index in [2.05, 4.69) is 0 Å². The second-order valence-corrected chi connectivity index (χ2v) is 4.08. The molecule has 1 atom stereocenters. The van der Waals surface area contributed by atoms with Gasteiger partial charge in [0, 0.05) is 23.4 Å². The van der Waals surface area contributed by atoms with Crippen LogP contribution in [0.2, 0.25) is 5.02 Å². The Hall–Kier alpha value is -1.00. The summed E-state index contributed by atoms with van der Waals surface area (Å²) >= 11 is 5.63. The predicted molar refractivity (Wildman–Crippen MR) is 54.3 cm³/mol. The summed E-state index contributed by atoms with van der Waals surface area (Å²) in [4.78, 5) is 11.2. The molecule has 0 bridgehead atoms. The van der Waals surface area contributed by atoms with E-state index in [-0.39, 0.29) is 29.4 Å². The number of Topliss-reactive ketones (excluding diaryl/α,β-unsaturated/α-hetero) is 1. The van der Waals surface area contributed by atoms with Crippen LogP contribution in [0.25, 0.3) is 0 Å². The molecule has 0 aliphatic carbocycles. The van der Waals surface area contributed by atoms with E-state index in [1.54, 1.807) is 0 Å². The van der Waals surface area contributed by atoms with Gasteiger partial charge in [0.25, 0.3) is 0 Å². The molecular formula is C11H9ClF2O2. The van der Waals surface area contributed by atoms with E-state index in [0.717, 1.165) is 6.07 Å². The number of ether oxygens (including phenoxy) is 1. The van der Waals surface area contributed by atoms with Gasteiger partial charge < -0.3 is 4.74 Å². The van der Waals surface area contributed by atoms with E-state index >= 15 is 0 Å². The van der Waals surface area contributed by atoms with Crippen LogP contribution in [-0.4, -0.2) is 12.4 Å². The molecule has 0 spiro atoms. The van der Waals surface area contributed by atoms with Gasteiger partial charge in [-0.1, -0.05) is 11.6 Å². The molecule has 1 saturated heterocycles. The van der Waals surface area contributed by atoms with Crippen LogP contribution in [0.5, 0.6) is 0 Å². The largest absolute Gasteiger partial charge is 0.372 e. The second kappa shape index (κ2) is 4.47. The van der Waals surface area contributed by atoms with Crippen molar-refractivity contribution in [1.82, 2.24) is 0 Å². The monoisotopic (exact) mass is 246 g/mol. The maximum absolute atomic E-state index is 13.5. The molecular weight excluding hydrogens is 238 g/mol. The standard InChI is InChI=1S/C11H9ClF2O2/c12-6-3-8(11(14)9(13)4-6)10-5-7(15)1-2-16-10/h3-4,10H,1-2,5H2. The van der Waals surface area contributed by atoms with Crippen molar-refractivity contribution >= 4 is 17.4 Å². The number of carbonyl (C=O) groups is 1. The summed E-state index contributed by atoms with van der Waals surface area (Å²) < 4.78 is 31.8. The number of hydrogen-bond acceptors (Lipinski definition) is 2. The Bertz CT molecular complexity index is 434. The lowest BCUT2D eigenvalue weighted by atomic mass is 10.00. The average molecular weight is 247 g/mol. The molecule has 16 heavy (non-hydrogen) atoms. The molecule has 1 unspecified atom stereocenters. The summed E-state index contributed by atoms with van der Waals surface area (Å²) in [7, 11) is 0. The zero-order valence-electron chi connectivity index (χ0n) is 8.30. The first-order chi connectivity index (χ1) is 7.58. The molecule has 0 N–H and O–H groups in total. The van der Waals surface area contributed by atoms with Crippen molar-refractivity contribution in [2.24, 2.45) is 0 Å². The number of hydrogen-bond donors (Lipinski definition) is 0. The fourth-order valence-electron chi connectivity index (χ4n) is 1.69. The number of rotatable bonds is 1. The molecule has 86 valence electrons. The third-order valence-corrected chi connectivity index (χ3v) is 2.70. The molecule has 1 aromatic carbocycles. The van der Waals surface area contributed by atoms with Gasteiger partial charge in [0.15, 0.2) is 11.6 Å². The zero-order chi connectivity index (χ0) is 11.7. The number of benzene rings is 1. The van der Waals surface area contributed by atoms with Crippen LogP contribution in [0.1, 0.15) is 24.5 Å². The van der Waals surface area contributed by atoms with Crippen LogP contribution >= 0.6 is 11.6 Å². The predicted octanol–water partition coefficient (Wildman–Crippen LogP) is 3.04. The van der Waals surface area contributed by atoms with Crippen LogP contribution in [0.4, 0.5) is 8.78 Å². The minimum atomic E-state index is -1.02. The van der Waals surface area contributed by atoms with Crippen molar-refractivity contribution in [1.29, 1.82) is 0 Å². The molecule has 0 aromatic heterocycles. The minimum Gasteiger partial charge on any atom is -0.372 e. The van der Waals surface area contributed by atoms with E-state index in [0.29, 0.717) is 6.42 Å². The molecule has 2 rings (SSSR count). The Balaban J connectivity index is 2.35. The molecule has 1 aliphatic rings. The van der Waals surface area contributed by atoms with Gasteiger partial charge in [0.05, 0.1) is 12.7 Å². The first-order valence-electron chi connectivity index (χ1n) is 4.85. The van der Waals surface area contributed by atoms with E-state index in [1.807, 2.05) is 0 Å². The molecule has 1 fully saturated rings. The summed E-state index contributed by atoms with van der Waals surface area (Å²) in [6.07, 6.45) is -0.341. The summed E-state index contributed by atoms with van der Waals surface area (Å²) in [5.41, 5.74) is 0.0121. The fraction of sp³-hybridized carbons (Fsp3) is 0.364. The van der Waals surface area contributed by atoms with Gasteiger partial charge in [-0.3, -0.25) is 4.79 Å². The molecule has 0 radical (unpaired) electrons. The highest BCUT2D eigenvalue weighted by atomic mass is 35.5. The van der Waals surface area contributed by atoms with E-state index in [1.165, 1.54) is 6.07 Å². The van der Waals surface area contributed by atoms with E-state index in [9.17, 15) is 13.6 Å². The van der Waals surface area contributed by atoms with E-state index in [4.69, 9.17) is 16.3 Å². The van der Waals surface area contributed by atoms with Gasteiger partial charge in [-0.05, 0) is 12.1 Å². The normalized spacial score (nSPS) is 21.2.